The van der Waals surface area contributed by atoms with Gasteiger partial charge in [-0.1, -0.05) is 24.0 Å². The normalized spacial score (nSPS) is 9.95. The molecule has 1 heterocycles. The number of nitrogens with one attached hydrogen (secondary N) is 1. The second kappa shape index (κ2) is 5.87. The number of methoxy groups -OCH3 is 1. The Morgan fingerprint density at radius 3 is 2.58 bits per heavy atom. The number of hydrogen-bond acceptors (Lipinski definition) is 5. The molecule has 0 saturated heterocycles. The molecule has 1 aromatic carbocycles. The minimum absolute atomic E-state index is 0.316. The summed E-state index contributed by atoms with van der Waals surface area (Å²) in [5.74, 6) is 0.764. The predicted octanol–water partition coefficient (Wildman–Crippen LogP) is 3.41. The van der Waals surface area contributed by atoms with Crippen molar-refractivity contribution in [3.63, 3.8) is 0 Å². The molecule has 0 saturated carbocycles. The molecule has 1 aromatic heterocycles. The third-order valence-corrected chi connectivity index (χ3v) is 3.46. The third kappa shape index (κ3) is 2.78. The molecule has 0 bridgehead atoms. The molecule has 2 rings (SSSR count). The number of H-pyrrole nitrogens is 1. The Morgan fingerprint density at radius 1 is 1.37 bits per heavy atom. The van der Waals surface area contributed by atoms with Crippen LogP contribution in [-0.4, -0.2) is 23.3 Å². The summed E-state index contributed by atoms with van der Waals surface area (Å²) in [7, 11) is 1.61. The summed E-state index contributed by atoms with van der Waals surface area (Å²) in [4.78, 5) is 7.29. The van der Waals surface area contributed by atoms with Gasteiger partial charge >= 0.3 is 0 Å². The van der Waals surface area contributed by atoms with Crippen molar-refractivity contribution in [1.82, 2.24) is 9.97 Å². The fraction of sp³-hybridized carbons (Fsp3) is 0.154. The first-order valence-electron chi connectivity index (χ1n) is 5.42. The van der Waals surface area contributed by atoms with Gasteiger partial charge in [0.25, 0.3) is 0 Å². The monoisotopic (exact) mass is 289 g/mol. The first kappa shape index (κ1) is 13.6. The molecule has 0 aliphatic rings. The fourth-order valence-electron chi connectivity index (χ4n) is 1.63. The van der Waals surface area contributed by atoms with Crippen LogP contribution in [0, 0.1) is 16.0 Å². The van der Waals surface area contributed by atoms with Crippen LogP contribution in [-0.2, 0) is 0 Å². The van der Waals surface area contributed by atoms with Gasteiger partial charge < -0.3 is 9.72 Å². The zero-order valence-corrected chi connectivity index (χ0v) is 12.1. The van der Waals surface area contributed by atoms with E-state index in [1.807, 2.05) is 30.5 Å². The number of aromatic amines is 1. The van der Waals surface area contributed by atoms with Crippen LogP contribution >= 0.6 is 24.0 Å². The van der Waals surface area contributed by atoms with E-state index in [0.717, 1.165) is 11.3 Å². The number of aromatic nitrogens is 2. The van der Waals surface area contributed by atoms with Crippen molar-refractivity contribution in [3.8, 4) is 23.1 Å². The lowest BCUT2D eigenvalue weighted by molar-refractivity contribution is 0.415. The Kier molecular flexibility index (Phi) is 4.20. The molecule has 0 fully saturated rings. The molecule has 6 heteroatoms. The summed E-state index contributed by atoms with van der Waals surface area (Å²) >= 11 is 6.60. The molecule has 1 N–H and O–H groups in total. The Morgan fingerprint density at radius 2 is 2.05 bits per heavy atom. The van der Waals surface area contributed by atoms with Crippen molar-refractivity contribution in [3.05, 3.63) is 34.5 Å². The van der Waals surface area contributed by atoms with E-state index in [4.69, 9.17) is 17.0 Å². The smallest absolute Gasteiger partial charge is 0.166 e. The lowest BCUT2D eigenvalue weighted by Gasteiger charge is -2.07. The van der Waals surface area contributed by atoms with E-state index in [1.165, 1.54) is 11.8 Å². The van der Waals surface area contributed by atoms with E-state index >= 15 is 0 Å². The summed E-state index contributed by atoms with van der Waals surface area (Å²) in [6, 6.07) is 9.54. The van der Waals surface area contributed by atoms with Gasteiger partial charge in [-0.05, 0) is 36.1 Å². The molecule has 0 unspecified atom stereocenters. The molecule has 2 aromatic rings. The largest absolute Gasteiger partial charge is 0.497 e. The van der Waals surface area contributed by atoms with Gasteiger partial charge in [0.15, 0.2) is 5.16 Å². The number of nitriles is 1. The molecule has 0 aliphatic heterocycles. The van der Waals surface area contributed by atoms with Crippen molar-refractivity contribution in [2.45, 2.75) is 5.16 Å². The quantitative estimate of drug-likeness (QED) is 0.533. The van der Waals surface area contributed by atoms with Crippen LogP contribution in [0.4, 0.5) is 0 Å². The average Bonchev–Trinajstić information content (AvgIpc) is 2.46. The maximum Gasteiger partial charge on any atom is 0.166 e. The van der Waals surface area contributed by atoms with Crippen molar-refractivity contribution in [1.29, 1.82) is 5.26 Å². The van der Waals surface area contributed by atoms with E-state index in [-0.39, 0.29) is 0 Å². The number of ether oxygens (including phenoxy) is 1. The van der Waals surface area contributed by atoms with Gasteiger partial charge in [-0.2, -0.15) is 5.26 Å². The van der Waals surface area contributed by atoms with Crippen LogP contribution in [0.2, 0.25) is 0 Å². The van der Waals surface area contributed by atoms with Gasteiger partial charge in [-0.15, -0.1) is 0 Å². The zero-order valence-electron chi connectivity index (χ0n) is 10.4. The minimum atomic E-state index is 0.316. The van der Waals surface area contributed by atoms with E-state index in [1.54, 1.807) is 7.11 Å². The van der Waals surface area contributed by atoms with Crippen LogP contribution in [0.15, 0.2) is 29.4 Å². The minimum Gasteiger partial charge on any atom is -0.497 e. The average molecular weight is 289 g/mol. The van der Waals surface area contributed by atoms with Crippen LogP contribution in [0.3, 0.4) is 0 Å². The van der Waals surface area contributed by atoms with Gasteiger partial charge in [0.1, 0.15) is 22.0 Å². The number of hydrogen-bond donors (Lipinski definition) is 1. The first-order valence-corrected chi connectivity index (χ1v) is 7.05. The topological polar surface area (TPSA) is 61.7 Å². The van der Waals surface area contributed by atoms with E-state index in [0.29, 0.717) is 21.1 Å². The summed E-state index contributed by atoms with van der Waals surface area (Å²) in [6.07, 6.45) is 1.90. The zero-order chi connectivity index (χ0) is 13.8. The predicted molar refractivity (Wildman–Crippen MR) is 77.9 cm³/mol. The molecule has 0 atom stereocenters. The molecular weight excluding hydrogens is 278 g/mol. The lowest BCUT2D eigenvalue weighted by Crippen LogP contribution is -1.96. The molecule has 0 amide bonds. The van der Waals surface area contributed by atoms with Crippen LogP contribution < -0.4 is 4.74 Å². The van der Waals surface area contributed by atoms with Gasteiger partial charge in [-0.3, -0.25) is 0 Å². The molecule has 4 nitrogen and oxygen atoms in total. The number of thioether (sulfide) groups is 1. The van der Waals surface area contributed by atoms with Crippen molar-refractivity contribution in [2.75, 3.05) is 13.4 Å². The second-order valence-corrected chi connectivity index (χ2v) is 4.82. The van der Waals surface area contributed by atoms with Gasteiger partial charge in [0, 0.05) is 0 Å². The highest BCUT2D eigenvalue weighted by Gasteiger charge is 2.10. The second-order valence-electron chi connectivity index (χ2n) is 3.64. The Balaban J connectivity index is 2.62. The SMILES string of the molecule is COc1ccc(-c2[nH]c(SC)nc(=S)c2C#N)cc1. The van der Waals surface area contributed by atoms with Crippen LogP contribution in [0.5, 0.6) is 5.75 Å². The van der Waals surface area contributed by atoms with Crippen LogP contribution in [0.1, 0.15) is 5.56 Å². The first-order chi connectivity index (χ1) is 9.19. The molecule has 0 aliphatic carbocycles. The number of benzene rings is 1. The highest BCUT2D eigenvalue weighted by Crippen LogP contribution is 2.25. The van der Waals surface area contributed by atoms with E-state index in [9.17, 15) is 5.26 Å². The van der Waals surface area contributed by atoms with Gasteiger partial charge in [0.05, 0.1) is 12.8 Å². The molecule has 96 valence electrons. The number of rotatable bonds is 3. The summed E-state index contributed by atoms with van der Waals surface area (Å²) in [5.41, 5.74) is 1.95. The third-order valence-electron chi connectivity index (χ3n) is 2.58. The van der Waals surface area contributed by atoms with E-state index in [2.05, 4.69) is 16.0 Å². The Bertz CT molecular complexity index is 687. The maximum absolute atomic E-state index is 9.22. The fourth-order valence-corrected chi connectivity index (χ4v) is 2.31. The Labute approximate surface area is 120 Å². The van der Waals surface area contributed by atoms with Gasteiger partial charge in [-0.25, -0.2) is 4.98 Å². The Hall–Kier alpha value is -1.84. The number of nitrogens with zero attached hydrogens (tertiary/aromatic N) is 2. The van der Waals surface area contributed by atoms with Crippen LogP contribution in [0.25, 0.3) is 11.3 Å². The van der Waals surface area contributed by atoms with Crippen molar-refractivity contribution >= 4 is 24.0 Å². The maximum atomic E-state index is 9.22. The standard InChI is InChI=1S/C13H11N3OS2/c1-17-9-5-3-8(4-6-9)11-10(7-14)12(18)16-13(15-11)19-2/h3-6H,1-2H3,(H,15,16,18). The summed E-state index contributed by atoms with van der Waals surface area (Å²) < 4.78 is 5.43. The van der Waals surface area contributed by atoms with Crippen molar-refractivity contribution in [2.24, 2.45) is 0 Å². The summed E-state index contributed by atoms with van der Waals surface area (Å²) in [6.45, 7) is 0. The van der Waals surface area contributed by atoms with Crippen molar-refractivity contribution < 1.29 is 4.74 Å². The summed E-state index contributed by atoms with van der Waals surface area (Å²) in [5, 5.41) is 9.91. The highest BCUT2D eigenvalue weighted by atomic mass is 32.2. The van der Waals surface area contributed by atoms with E-state index < -0.39 is 0 Å². The molecule has 0 spiro atoms. The molecular formula is C13H11N3OS2. The molecule has 0 radical (unpaired) electrons. The lowest BCUT2D eigenvalue weighted by atomic mass is 10.1. The molecule has 19 heavy (non-hydrogen) atoms. The highest BCUT2D eigenvalue weighted by molar-refractivity contribution is 7.98. The van der Waals surface area contributed by atoms with Gasteiger partial charge in [0.2, 0.25) is 0 Å².